The number of rotatable bonds is 8. The zero-order valence-electron chi connectivity index (χ0n) is 13.0. The second-order valence-corrected chi connectivity index (χ2v) is 5.83. The Hall–Kier alpha value is -2.04. The molecule has 0 bridgehead atoms. The molecule has 0 heterocycles. The van der Waals surface area contributed by atoms with Gasteiger partial charge in [0.05, 0.1) is 12.2 Å². The van der Waals surface area contributed by atoms with Crippen LogP contribution in [0.1, 0.15) is 22.3 Å². The Morgan fingerprint density at radius 3 is 2.39 bits per heavy atom. The molecule has 1 N–H and O–H groups in total. The Kier molecular flexibility index (Phi) is 6.44. The monoisotopic (exact) mass is 333 g/mol. The average Bonchev–Trinajstić information content (AvgIpc) is 2.54. The number of carboxylic acids is 1. The maximum absolute atomic E-state index is 10.8. The Bertz CT molecular complexity index is 626. The van der Waals surface area contributed by atoms with Gasteiger partial charge in [-0.3, -0.25) is 0 Å². The van der Waals surface area contributed by atoms with Gasteiger partial charge in [-0.25, -0.2) is 4.79 Å². The van der Waals surface area contributed by atoms with Crippen LogP contribution in [0.3, 0.4) is 0 Å². The van der Waals surface area contributed by atoms with Crippen LogP contribution < -0.4 is 4.74 Å². The Balaban J connectivity index is 1.69. The summed E-state index contributed by atoms with van der Waals surface area (Å²) in [7, 11) is 2.04. The molecule has 0 aliphatic carbocycles. The van der Waals surface area contributed by atoms with Gasteiger partial charge in [0.1, 0.15) is 5.75 Å². The van der Waals surface area contributed by atoms with Crippen LogP contribution in [-0.2, 0) is 6.54 Å². The summed E-state index contributed by atoms with van der Waals surface area (Å²) >= 11 is 5.82. The number of hydrogen-bond acceptors (Lipinski definition) is 3. The number of carboxylic acid groups (broad SMARTS) is 1. The van der Waals surface area contributed by atoms with Crippen molar-refractivity contribution in [1.82, 2.24) is 4.90 Å². The summed E-state index contributed by atoms with van der Waals surface area (Å²) < 4.78 is 5.65. The third kappa shape index (κ3) is 5.93. The van der Waals surface area contributed by atoms with Crippen molar-refractivity contribution in [3.63, 3.8) is 0 Å². The number of ether oxygens (including phenoxy) is 1. The van der Waals surface area contributed by atoms with E-state index in [1.807, 2.05) is 43.4 Å². The van der Waals surface area contributed by atoms with Crippen molar-refractivity contribution >= 4 is 17.6 Å². The maximum Gasteiger partial charge on any atom is 0.335 e. The molecule has 5 heteroatoms. The van der Waals surface area contributed by atoms with Crippen molar-refractivity contribution in [3.05, 3.63) is 64.7 Å². The summed E-state index contributed by atoms with van der Waals surface area (Å²) in [4.78, 5) is 13.0. The third-order valence-corrected chi connectivity index (χ3v) is 3.67. The highest BCUT2D eigenvalue weighted by atomic mass is 35.5. The first-order valence-corrected chi connectivity index (χ1v) is 7.81. The minimum Gasteiger partial charge on any atom is -0.494 e. The molecule has 122 valence electrons. The van der Waals surface area contributed by atoms with Crippen LogP contribution in [-0.4, -0.2) is 36.2 Å². The molecule has 4 nitrogen and oxygen atoms in total. The summed E-state index contributed by atoms with van der Waals surface area (Å²) in [6, 6.07) is 14.3. The SMILES string of the molecule is CN(CCCOc1ccc(Cl)cc1)Cc1ccc(C(=O)O)cc1. The molecule has 0 saturated carbocycles. The molecule has 2 aromatic carbocycles. The van der Waals surface area contributed by atoms with E-state index in [1.54, 1.807) is 12.1 Å². The number of halogens is 1. The van der Waals surface area contributed by atoms with Crippen molar-refractivity contribution in [1.29, 1.82) is 0 Å². The minimum absolute atomic E-state index is 0.313. The first kappa shape index (κ1) is 17.3. The Morgan fingerprint density at radius 2 is 1.78 bits per heavy atom. The standard InChI is InChI=1S/C18H20ClNO3/c1-20(13-14-3-5-15(6-4-14)18(21)22)11-2-12-23-17-9-7-16(19)8-10-17/h3-10H,2,11-13H2,1H3,(H,21,22). The molecule has 0 radical (unpaired) electrons. The predicted molar refractivity (Wildman–Crippen MR) is 91.3 cm³/mol. The van der Waals surface area contributed by atoms with E-state index in [2.05, 4.69) is 4.90 Å². The molecule has 0 saturated heterocycles. The van der Waals surface area contributed by atoms with Crippen LogP contribution in [0.25, 0.3) is 0 Å². The molecule has 0 fully saturated rings. The average molecular weight is 334 g/mol. The van der Waals surface area contributed by atoms with E-state index in [-0.39, 0.29) is 0 Å². The van der Waals surface area contributed by atoms with E-state index in [0.717, 1.165) is 30.8 Å². The van der Waals surface area contributed by atoms with E-state index in [9.17, 15) is 4.79 Å². The number of benzene rings is 2. The smallest absolute Gasteiger partial charge is 0.335 e. The topological polar surface area (TPSA) is 49.8 Å². The summed E-state index contributed by atoms with van der Waals surface area (Å²) in [5.41, 5.74) is 1.41. The van der Waals surface area contributed by atoms with Crippen LogP contribution in [0.2, 0.25) is 5.02 Å². The lowest BCUT2D eigenvalue weighted by atomic mass is 10.1. The van der Waals surface area contributed by atoms with E-state index in [1.165, 1.54) is 0 Å². The summed E-state index contributed by atoms with van der Waals surface area (Å²) in [6.45, 7) is 2.32. The fourth-order valence-electron chi connectivity index (χ4n) is 2.20. The number of nitrogens with zero attached hydrogens (tertiary/aromatic N) is 1. The minimum atomic E-state index is -0.899. The van der Waals surface area contributed by atoms with E-state index in [0.29, 0.717) is 17.2 Å². The molecule has 0 amide bonds. The molecular weight excluding hydrogens is 314 g/mol. The fourth-order valence-corrected chi connectivity index (χ4v) is 2.32. The van der Waals surface area contributed by atoms with E-state index < -0.39 is 5.97 Å². The fraction of sp³-hybridized carbons (Fsp3) is 0.278. The molecule has 0 atom stereocenters. The van der Waals surface area contributed by atoms with Crippen LogP contribution in [0.15, 0.2) is 48.5 Å². The molecule has 2 aromatic rings. The van der Waals surface area contributed by atoms with E-state index in [4.69, 9.17) is 21.4 Å². The first-order chi connectivity index (χ1) is 11.0. The lowest BCUT2D eigenvalue weighted by molar-refractivity contribution is 0.0697. The number of hydrogen-bond donors (Lipinski definition) is 1. The van der Waals surface area contributed by atoms with Gasteiger partial charge in [-0.15, -0.1) is 0 Å². The Morgan fingerprint density at radius 1 is 1.13 bits per heavy atom. The summed E-state index contributed by atoms with van der Waals surface area (Å²) in [5, 5.41) is 9.58. The molecule has 0 aliphatic rings. The lowest BCUT2D eigenvalue weighted by Gasteiger charge is -2.17. The highest BCUT2D eigenvalue weighted by Crippen LogP contribution is 2.15. The van der Waals surface area contributed by atoms with Crippen LogP contribution in [0, 0.1) is 0 Å². The molecule has 0 spiro atoms. The number of aromatic carboxylic acids is 1. The van der Waals surface area contributed by atoms with Crippen molar-refractivity contribution < 1.29 is 14.6 Å². The van der Waals surface area contributed by atoms with Crippen LogP contribution >= 0.6 is 11.6 Å². The summed E-state index contributed by atoms with van der Waals surface area (Å²) in [6.07, 6.45) is 0.909. The van der Waals surface area contributed by atoms with Crippen LogP contribution in [0.4, 0.5) is 0 Å². The zero-order chi connectivity index (χ0) is 16.7. The van der Waals surface area contributed by atoms with Gasteiger partial charge in [-0.1, -0.05) is 23.7 Å². The van der Waals surface area contributed by atoms with Gasteiger partial charge in [0, 0.05) is 18.1 Å². The molecule has 2 rings (SSSR count). The van der Waals surface area contributed by atoms with Crippen molar-refractivity contribution in [3.8, 4) is 5.75 Å². The van der Waals surface area contributed by atoms with Crippen molar-refractivity contribution in [2.24, 2.45) is 0 Å². The van der Waals surface area contributed by atoms with Crippen molar-refractivity contribution in [2.45, 2.75) is 13.0 Å². The van der Waals surface area contributed by atoms with Gasteiger partial charge in [-0.05, 0) is 55.4 Å². The second kappa shape index (κ2) is 8.56. The van der Waals surface area contributed by atoms with Gasteiger partial charge in [0.15, 0.2) is 0 Å². The maximum atomic E-state index is 10.8. The van der Waals surface area contributed by atoms with Gasteiger partial charge in [0.25, 0.3) is 0 Å². The lowest BCUT2D eigenvalue weighted by Crippen LogP contribution is -2.20. The van der Waals surface area contributed by atoms with Gasteiger partial charge >= 0.3 is 5.97 Å². The Labute approximate surface area is 141 Å². The highest BCUT2D eigenvalue weighted by molar-refractivity contribution is 6.30. The largest absolute Gasteiger partial charge is 0.494 e. The predicted octanol–water partition coefficient (Wildman–Crippen LogP) is 3.94. The van der Waals surface area contributed by atoms with E-state index >= 15 is 0 Å². The molecular formula is C18H20ClNO3. The zero-order valence-corrected chi connectivity index (χ0v) is 13.8. The van der Waals surface area contributed by atoms with Gasteiger partial charge in [0.2, 0.25) is 0 Å². The summed E-state index contributed by atoms with van der Waals surface area (Å²) in [5.74, 6) is -0.0782. The van der Waals surface area contributed by atoms with Crippen molar-refractivity contribution in [2.75, 3.05) is 20.2 Å². The van der Waals surface area contributed by atoms with Gasteiger partial charge < -0.3 is 14.7 Å². The number of carbonyl (C=O) groups is 1. The molecule has 0 aromatic heterocycles. The normalized spacial score (nSPS) is 10.7. The molecule has 0 unspecified atom stereocenters. The second-order valence-electron chi connectivity index (χ2n) is 5.40. The third-order valence-electron chi connectivity index (χ3n) is 3.42. The van der Waals surface area contributed by atoms with Crippen LogP contribution in [0.5, 0.6) is 5.75 Å². The highest BCUT2D eigenvalue weighted by Gasteiger charge is 2.04. The first-order valence-electron chi connectivity index (χ1n) is 7.44. The molecule has 0 aliphatic heterocycles. The quantitative estimate of drug-likeness (QED) is 0.743. The van der Waals surface area contributed by atoms with Gasteiger partial charge in [-0.2, -0.15) is 0 Å². The molecule has 23 heavy (non-hydrogen) atoms.